The van der Waals surface area contributed by atoms with Crippen molar-refractivity contribution < 1.29 is 22.7 Å². The first-order valence-electron chi connectivity index (χ1n) is 6.60. The average Bonchev–Trinajstić information content (AvgIpc) is 2.35. The number of hydrogen-bond donors (Lipinski definition) is 0. The van der Waals surface area contributed by atoms with Gasteiger partial charge in [0, 0.05) is 11.0 Å². The van der Waals surface area contributed by atoms with Crippen molar-refractivity contribution in [2.24, 2.45) is 5.41 Å². The summed E-state index contributed by atoms with van der Waals surface area (Å²) in [6.07, 6.45) is -0.0747. The average molecular weight is 313 g/mol. The van der Waals surface area contributed by atoms with Gasteiger partial charge in [-0.15, -0.1) is 0 Å². The zero-order valence-corrected chi connectivity index (χ0v) is 13.4. The maximum absolute atomic E-state index is 12.1. The van der Waals surface area contributed by atoms with Crippen molar-refractivity contribution in [3.8, 4) is 0 Å². The van der Waals surface area contributed by atoms with Crippen LogP contribution in [0.3, 0.4) is 0 Å². The second-order valence-electron chi connectivity index (χ2n) is 6.28. The topological polar surface area (TPSA) is 80.8 Å². The van der Waals surface area contributed by atoms with Crippen molar-refractivity contribution in [1.29, 1.82) is 0 Å². The molecule has 0 radical (unpaired) electrons. The lowest BCUT2D eigenvalue weighted by atomic mass is 9.91. The highest BCUT2D eigenvalue weighted by Crippen LogP contribution is 2.41. The van der Waals surface area contributed by atoms with Crippen LogP contribution in [0.1, 0.15) is 34.1 Å². The zero-order valence-electron chi connectivity index (χ0n) is 12.6. The smallest absolute Gasteiger partial charge is 0.233 e. The van der Waals surface area contributed by atoms with Crippen molar-refractivity contribution in [2.75, 3.05) is 6.61 Å². The van der Waals surface area contributed by atoms with Crippen LogP contribution < -0.4 is 0 Å². The Balaban J connectivity index is 2.29. The summed E-state index contributed by atoms with van der Waals surface area (Å²) < 4.78 is 29.7. The van der Waals surface area contributed by atoms with E-state index in [1.807, 2.05) is 0 Å². The molecule has 2 rings (SSSR count). The Hall–Kier alpha value is -1.63. The quantitative estimate of drug-likeness (QED) is 0.735. The highest BCUT2D eigenvalue weighted by molar-refractivity contribution is 7.96. The predicted octanol–water partition coefficient (Wildman–Crippen LogP) is 1.35. The van der Waals surface area contributed by atoms with E-state index in [0.29, 0.717) is 0 Å². The molecule has 116 valence electrons. The summed E-state index contributed by atoms with van der Waals surface area (Å²) in [6.45, 7) is 10.2. The molecule has 0 saturated carbocycles. The first-order valence-corrected chi connectivity index (χ1v) is 8.14. The molecule has 0 aliphatic carbocycles. The number of amides is 1. The molecule has 0 unspecified atom stereocenters. The molecule has 2 aliphatic rings. The maximum Gasteiger partial charge on any atom is 0.233 e. The summed E-state index contributed by atoms with van der Waals surface area (Å²) in [5.74, 6) is -0.325. The van der Waals surface area contributed by atoms with Gasteiger partial charge in [0.1, 0.15) is 6.61 Å². The van der Waals surface area contributed by atoms with Crippen LogP contribution in [-0.2, 0) is 24.2 Å². The summed E-state index contributed by atoms with van der Waals surface area (Å²) >= 11 is 0. The summed E-state index contributed by atoms with van der Waals surface area (Å²) in [4.78, 5) is 24.7. The van der Waals surface area contributed by atoms with Gasteiger partial charge in [-0.3, -0.25) is 14.5 Å². The Morgan fingerprint density at radius 1 is 1.43 bits per heavy atom. The molecular formula is C14H19NO5S. The van der Waals surface area contributed by atoms with Gasteiger partial charge in [0.25, 0.3) is 0 Å². The SMILES string of the molecule is C=C1C(C)=C(OCC(=O)C(C)(C)C)N2C(=O)C[C@@H]2S1(=O)=O. The van der Waals surface area contributed by atoms with Crippen molar-refractivity contribution in [3.05, 3.63) is 22.9 Å². The number of sulfone groups is 1. The molecule has 0 bridgehead atoms. The van der Waals surface area contributed by atoms with E-state index < -0.39 is 20.6 Å². The fourth-order valence-electron chi connectivity index (χ4n) is 2.09. The Morgan fingerprint density at radius 2 is 2.00 bits per heavy atom. The molecule has 1 atom stereocenters. The zero-order chi connectivity index (χ0) is 16.2. The van der Waals surface area contributed by atoms with E-state index in [-0.39, 0.29) is 41.1 Å². The number of β-lactam (4-membered cyclic amide) rings is 1. The fourth-order valence-corrected chi connectivity index (χ4v) is 3.78. The van der Waals surface area contributed by atoms with Crippen LogP contribution in [0.5, 0.6) is 0 Å². The second kappa shape index (κ2) is 4.69. The number of fused-ring (bicyclic) bond motifs is 1. The molecule has 2 heterocycles. The van der Waals surface area contributed by atoms with E-state index in [2.05, 4.69) is 6.58 Å². The number of ketones is 1. The van der Waals surface area contributed by atoms with Crippen molar-refractivity contribution in [2.45, 2.75) is 39.5 Å². The van der Waals surface area contributed by atoms with E-state index in [9.17, 15) is 18.0 Å². The van der Waals surface area contributed by atoms with Crippen molar-refractivity contribution in [3.63, 3.8) is 0 Å². The third kappa shape index (κ3) is 2.39. The van der Waals surface area contributed by atoms with Gasteiger partial charge in [-0.25, -0.2) is 8.42 Å². The molecule has 0 aromatic rings. The molecular weight excluding hydrogens is 294 g/mol. The molecule has 0 aromatic carbocycles. The number of hydrogen-bond acceptors (Lipinski definition) is 5. The van der Waals surface area contributed by atoms with Gasteiger partial charge in [0.05, 0.1) is 11.3 Å². The Bertz CT molecular complexity index is 666. The minimum Gasteiger partial charge on any atom is -0.470 e. The molecule has 1 fully saturated rings. The summed E-state index contributed by atoms with van der Waals surface area (Å²) in [7, 11) is -3.60. The van der Waals surface area contributed by atoms with Crippen LogP contribution in [-0.4, -0.2) is 37.0 Å². The summed E-state index contributed by atoms with van der Waals surface area (Å²) in [5.41, 5.74) is -0.286. The second-order valence-corrected chi connectivity index (χ2v) is 8.41. The van der Waals surface area contributed by atoms with E-state index in [0.717, 1.165) is 4.90 Å². The number of ether oxygens (including phenoxy) is 1. The molecule has 6 nitrogen and oxygen atoms in total. The minimum atomic E-state index is -3.60. The summed E-state index contributed by atoms with van der Waals surface area (Å²) in [6, 6.07) is 0. The van der Waals surface area contributed by atoms with Crippen LogP contribution in [0.15, 0.2) is 22.9 Å². The lowest BCUT2D eigenvalue weighted by molar-refractivity contribution is -0.145. The molecule has 1 amide bonds. The highest BCUT2D eigenvalue weighted by Gasteiger charge is 2.53. The van der Waals surface area contributed by atoms with Gasteiger partial charge < -0.3 is 4.74 Å². The summed E-state index contributed by atoms with van der Waals surface area (Å²) in [5, 5.41) is -0.944. The van der Waals surface area contributed by atoms with Gasteiger partial charge >= 0.3 is 0 Å². The van der Waals surface area contributed by atoms with Crippen LogP contribution in [0, 0.1) is 5.41 Å². The number of carbonyl (C=O) groups is 2. The molecule has 0 N–H and O–H groups in total. The Labute approximate surface area is 124 Å². The first-order chi connectivity index (χ1) is 9.48. The lowest BCUT2D eigenvalue weighted by Crippen LogP contribution is -2.58. The standard InChI is InChI=1S/C14H19NO5S/c1-8-9(2)21(18,19)12-6-11(17)15(12)13(8)20-7-10(16)14(3,4)5/h12H,2,6-7H2,1,3-5H3/t12-/m0/s1. The minimum absolute atomic E-state index is 0.0468. The van der Waals surface area contributed by atoms with Crippen LogP contribution in [0.2, 0.25) is 0 Å². The maximum atomic E-state index is 12.1. The number of nitrogens with zero attached hydrogens (tertiary/aromatic N) is 1. The van der Waals surface area contributed by atoms with E-state index >= 15 is 0 Å². The molecule has 21 heavy (non-hydrogen) atoms. The molecule has 1 saturated heterocycles. The molecule has 7 heteroatoms. The number of rotatable bonds is 3. The Morgan fingerprint density at radius 3 is 2.48 bits per heavy atom. The Kier molecular flexibility index (Phi) is 3.52. The molecule has 0 aromatic heterocycles. The van der Waals surface area contributed by atoms with Gasteiger partial charge in [0.2, 0.25) is 11.8 Å². The normalized spacial score (nSPS) is 24.6. The van der Waals surface area contributed by atoms with E-state index in [1.165, 1.54) is 6.92 Å². The van der Waals surface area contributed by atoms with Gasteiger partial charge in [-0.05, 0) is 6.92 Å². The number of carbonyl (C=O) groups excluding carboxylic acids is 2. The largest absolute Gasteiger partial charge is 0.470 e. The van der Waals surface area contributed by atoms with E-state index in [1.54, 1.807) is 20.8 Å². The van der Waals surface area contributed by atoms with E-state index in [4.69, 9.17) is 4.74 Å². The number of allylic oxidation sites excluding steroid dienone is 1. The lowest BCUT2D eigenvalue weighted by Gasteiger charge is -2.44. The highest BCUT2D eigenvalue weighted by atomic mass is 32.2. The fraction of sp³-hybridized carbons (Fsp3) is 0.571. The first kappa shape index (κ1) is 15.8. The van der Waals surface area contributed by atoms with Crippen LogP contribution >= 0.6 is 0 Å². The third-order valence-corrected chi connectivity index (χ3v) is 5.83. The monoisotopic (exact) mass is 313 g/mol. The van der Waals surface area contributed by atoms with Crippen molar-refractivity contribution >= 4 is 21.5 Å². The predicted molar refractivity (Wildman–Crippen MR) is 76.4 cm³/mol. The number of Topliss-reactive ketones (excluding diaryl/α,β-unsaturated/α-hetero) is 1. The molecule has 2 aliphatic heterocycles. The van der Waals surface area contributed by atoms with Crippen LogP contribution in [0.4, 0.5) is 0 Å². The van der Waals surface area contributed by atoms with Gasteiger partial charge in [-0.2, -0.15) is 0 Å². The van der Waals surface area contributed by atoms with Crippen LogP contribution in [0.25, 0.3) is 0 Å². The third-order valence-electron chi connectivity index (χ3n) is 3.74. The van der Waals surface area contributed by atoms with Gasteiger partial charge in [0.15, 0.2) is 21.0 Å². The van der Waals surface area contributed by atoms with Crippen molar-refractivity contribution in [1.82, 2.24) is 4.90 Å². The van der Waals surface area contributed by atoms with Gasteiger partial charge in [-0.1, -0.05) is 27.4 Å². The molecule has 0 spiro atoms.